The first-order valence-corrected chi connectivity index (χ1v) is 6.91. The highest BCUT2D eigenvalue weighted by molar-refractivity contribution is 9.11. The van der Waals surface area contributed by atoms with E-state index in [2.05, 4.69) is 57.0 Å². The van der Waals surface area contributed by atoms with Crippen LogP contribution in [0.4, 0.5) is 0 Å². The van der Waals surface area contributed by atoms with E-state index in [1.165, 1.54) is 0 Å². The van der Waals surface area contributed by atoms with Gasteiger partial charge in [-0.1, -0.05) is 31.9 Å². The maximum absolute atomic E-state index is 4.36. The van der Waals surface area contributed by atoms with Crippen LogP contribution in [0.3, 0.4) is 0 Å². The molecule has 0 aliphatic carbocycles. The van der Waals surface area contributed by atoms with Crippen molar-refractivity contribution in [3.05, 3.63) is 32.7 Å². The first-order chi connectivity index (χ1) is 6.88. The molecule has 82 valence electrons. The molecule has 0 bridgehead atoms. The molecule has 0 aromatic heterocycles. The van der Waals surface area contributed by atoms with Crippen LogP contribution in [0.2, 0.25) is 0 Å². The van der Waals surface area contributed by atoms with Gasteiger partial charge in [-0.05, 0) is 50.9 Å². The van der Waals surface area contributed by atoms with Gasteiger partial charge in [0, 0.05) is 25.5 Å². The molecule has 0 radical (unpaired) electrons. The third-order valence-electron chi connectivity index (χ3n) is 1.48. The summed E-state index contributed by atoms with van der Waals surface area (Å²) in [5, 5.41) is 0. The molecule has 4 heteroatoms. The highest BCUT2D eigenvalue weighted by Gasteiger charge is 2.09. The predicted octanol–water partition coefficient (Wildman–Crippen LogP) is 5.08. The lowest BCUT2D eigenvalue weighted by Gasteiger charge is -2.12. The fraction of sp³-hybridized carbons (Fsp3) is 0.364. The first-order valence-electron chi connectivity index (χ1n) is 4.55. The van der Waals surface area contributed by atoms with Crippen molar-refractivity contribution < 1.29 is 0 Å². The summed E-state index contributed by atoms with van der Waals surface area (Å²) in [7, 11) is 0. The van der Waals surface area contributed by atoms with Crippen LogP contribution in [-0.4, -0.2) is 11.0 Å². The lowest BCUT2D eigenvalue weighted by atomic mass is 10.2. The number of hydrogen-bond acceptors (Lipinski definition) is 2. The highest BCUT2D eigenvalue weighted by Crippen LogP contribution is 2.25. The van der Waals surface area contributed by atoms with Crippen molar-refractivity contribution in [3.8, 4) is 0 Å². The molecule has 0 unspecified atom stereocenters. The van der Waals surface area contributed by atoms with Gasteiger partial charge in [-0.25, -0.2) is 4.40 Å². The van der Waals surface area contributed by atoms with Crippen LogP contribution in [0.5, 0.6) is 0 Å². The van der Waals surface area contributed by atoms with Gasteiger partial charge in [-0.3, -0.25) is 0 Å². The van der Waals surface area contributed by atoms with E-state index in [1.807, 2.05) is 24.4 Å². The first kappa shape index (κ1) is 13.3. The second-order valence-corrected chi connectivity index (χ2v) is 7.49. The SMILES string of the molecule is CC(C)(C)S/N=C\c1cc(Br)ccc1Br. The Bertz CT molecular complexity index is 369. The Hall–Kier alpha value is 0.200. The third-order valence-corrected chi connectivity index (χ3v) is 3.45. The second kappa shape index (κ2) is 5.51. The van der Waals surface area contributed by atoms with Gasteiger partial charge in [0.25, 0.3) is 0 Å². The summed E-state index contributed by atoms with van der Waals surface area (Å²) in [4.78, 5) is 0. The number of nitrogens with zero attached hydrogens (tertiary/aromatic N) is 1. The van der Waals surface area contributed by atoms with Gasteiger partial charge in [0.2, 0.25) is 0 Å². The number of hydrogen-bond donors (Lipinski definition) is 0. The summed E-state index contributed by atoms with van der Waals surface area (Å²) in [6.07, 6.45) is 1.88. The van der Waals surface area contributed by atoms with Crippen LogP contribution in [0.25, 0.3) is 0 Å². The second-order valence-electron chi connectivity index (χ2n) is 4.10. The molecular formula is C11H13Br2NS. The Balaban J connectivity index is 2.76. The van der Waals surface area contributed by atoms with E-state index < -0.39 is 0 Å². The largest absolute Gasteiger partial charge is 0.223 e. The van der Waals surface area contributed by atoms with E-state index in [1.54, 1.807) is 11.9 Å². The zero-order valence-electron chi connectivity index (χ0n) is 8.92. The van der Waals surface area contributed by atoms with Crippen LogP contribution in [-0.2, 0) is 0 Å². The summed E-state index contributed by atoms with van der Waals surface area (Å²) in [5.74, 6) is 0. The Morgan fingerprint density at radius 2 is 1.93 bits per heavy atom. The van der Waals surface area contributed by atoms with Gasteiger partial charge in [0.1, 0.15) is 0 Å². The van der Waals surface area contributed by atoms with Crippen LogP contribution >= 0.6 is 43.8 Å². The van der Waals surface area contributed by atoms with Gasteiger partial charge >= 0.3 is 0 Å². The highest BCUT2D eigenvalue weighted by atomic mass is 79.9. The fourth-order valence-corrected chi connectivity index (χ4v) is 2.07. The molecule has 0 N–H and O–H groups in total. The van der Waals surface area contributed by atoms with Gasteiger partial charge in [0.15, 0.2) is 0 Å². The van der Waals surface area contributed by atoms with E-state index in [9.17, 15) is 0 Å². The van der Waals surface area contributed by atoms with Gasteiger partial charge in [-0.2, -0.15) is 0 Å². The predicted molar refractivity (Wildman–Crippen MR) is 76.8 cm³/mol. The van der Waals surface area contributed by atoms with Crippen LogP contribution < -0.4 is 0 Å². The molecule has 1 aromatic rings. The molecule has 0 aliphatic rings. The normalized spacial score (nSPS) is 12.3. The molecule has 0 fully saturated rings. The van der Waals surface area contributed by atoms with Crippen LogP contribution in [0.15, 0.2) is 31.5 Å². The van der Waals surface area contributed by atoms with E-state index >= 15 is 0 Å². The minimum Gasteiger partial charge on any atom is -0.223 e. The van der Waals surface area contributed by atoms with E-state index in [-0.39, 0.29) is 4.75 Å². The van der Waals surface area contributed by atoms with Crippen molar-refractivity contribution in [2.75, 3.05) is 0 Å². The maximum atomic E-state index is 4.36. The van der Waals surface area contributed by atoms with Gasteiger partial charge in [-0.15, -0.1) is 0 Å². The molecule has 1 aromatic carbocycles. The molecule has 0 heterocycles. The van der Waals surface area contributed by atoms with E-state index in [4.69, 9.17) is 0 Å². The quantitative estimate of drug-likeness (QED) is 0.535. The lowest BCUT2D eigenvalue weighted by Crippen LogP contribution is -2.05. The molecule has 0 spiro atoms. The average Bonchev–Trinajstić information content (AvgIpc) is 2.09. The lowest BCUT2D eigenvalue weighted by molar-refractivity contribution is 0.804. The standard InChI is InChI=1S/C11H13Br2NS/c1-11(2,3)15-14-7-8-6-9(12)4-5-10(8)13/h4-7H,1-3H3/b14-7-. The minimum atomic E-state index is 0.162. The zero-order valence-corrected chi connectivity index (χ0v) is 12.9. The summed E-state index contributed by atoms with van der Waals surface area (Å²) >= 11 is 8.50. The Labute approximate surface area is 112 Å². The van der Waals surface area contributed by atoms with Crippen molar-refractivity contribution in [2.24, 2.45) is 4.40 Å². The van der Waals surface area contributed by atoms with Crippen LogP contribution in [0, 0.1) is 0 Å². The number of rotatable bonds is 2. The zero-order chi connectivity index (χ0) is 11.5. The number of benzene rings is 1. The molecule has 0 amide bonds. The maximum Gasteiger partial charge on any atom is 0.0435 e. The molecular weight excluding hydrogens is 338 g/mol. The Kier molecular flexibility index (Phi) is 4.87. The van der Waals surface area contributed by atoms with Crippen molar-refractivity contribution in [1.82, 2.24) is 0 Å². The topological polar surface area (TPSA) is 12.4 Å². The summed E-state index contributed by atoms with van der Waals surface area (Å²) in [5.41, 5.74) is 1.08. The molecule has 1 nitrogen and oxygen atoms in total. The van der Waals surface area contributed by atoms with E-state index in [0.29, 0.717) is 0 Å². The molecule has 0 atom stereocenters. The number of halogens is 2. The summed E-state index contributed by atoms with van der Waals surface area (Å²) < 4.78 is 6.64. The molecule has 15 heavy (non-hydrogen) atoms. The van der Waals surface area contributed by atoms with Crippen molar-refractivity contribution in [2.45, 2.75) is 25.5 Å². The van der Waals surface area contributed by atoms with Crippen molar-refractivity contribution in [1.29, 1.82) is 0 Å². The smallest absolute Gasteiger partial charge is 0.0435 e. The fourth-order valence-electron chi connectivity index (χ4n) is 0.855. The molecule has 0 saturated heterocycles. The molecule has 0 aliphatic heterocycles. The van der Waals surface area contributed by atoms with Gasteiger partial charge < -0.3 is 0 Å². The van der Waals surface area contributed by atoms with E-state index in [0.717, 1.165) is 14.5 Å². The van der Waals surface area contributed by atoms with Crippen molar-refractivity contribution in [3.63, 3.8) is 0 Å². The van der Waals surface area contributed by atoms with Gasteiger partial charge in [0.05, 0.1) is 0 Å². The summed E-state index contributed by atoms with van der Waals surface area (Å²) in [6, 6.07) is 6.04. The van der Waals surface area contributed by atoms with Crippen LogP contribution in [0.1, 0.15) is 26.3 Å². The third kappa shape index (κ3) is 5.18. The monoisotopic (exact) mass is 349 g/mol. The molecule has 1 rings (SSSR count). The van der Waals surface area contributed by atoms with Crippen molar-refractivity contribution >= 4 is 50.0 Å². The average molecular weight is 351 g/mol. The minimum absolute atomic E-state index is 0.162. The Morgan fingerprint density at radius 3 is 2.53 bits per heavy atom. The Morgan fingerprint density at radius 1 is 1.27 bits per heavy atom. The molecule has 0 saturated carbocycles. The summed E-state index contributed by atoms with van der Waals surface area (Å²) in [6.45, 7) is 6.43.